The highest BCUT2D eigenvalue weighted by molar-refractivity contribution is 6.49. The van der Waals surface area contributed by atoms with Crippen LogP contribution in [0, 0.1) is 0 Å². The molecule has 0 amide bonds. The first-order valence-corrected chi connectivity index (χ1v) is 10.0. The van der Waals surface area contributed by atoms with Gasteiger partial charge in [-0.15, -0.1) is 0 Å². The maximum Gasteiger partial charge on any atom is 0.464 e. The van der Waals surface area contributed by atoms with Gasteiger partial charge in [0.25, 0.3) is 0 Å². The first kappa shape index (κ1) is 21.0. The van der Waals surface area contributed by atoms with Gasteiger partial charge in [-0.25, -0.2) is 0 Å². The van der Waals surface area contributed by atoms with E-state index in [-0.39, 0.29) is 23.6 Å². The number of hydrogen-bond acceptors (Lipinski definition) is 2. The van der Waals surface area contributed by atoms with E-state index in [2.05, 4.69) is 48.5 Å². The van der Waals surface area contributed by atoms with E-state index in [1.807, 2.05) is 0 Å². The highest BCUT2D eigenvalue weighted by Gasteiger charge is 2.57. The predicted octanol–water partition coefficient (Wildman–Crippen LogP) is 6.78. The molecule has 1 heterocycles. The Balaban J connectivity index is 2.70. The molecular formula is C20H41BO2. The lowest BCUT2D eigenvalue weighted by Crippen LogP contribution is -2.41. The second kappa shape index (κ2) is 8.90. The van der Waals surface area contributed by atoms with Crippen LogP contribution in [-0.4, -0.2) is 18.3 Å². The van der Waals surface area contributed by atoms with Crippen molar-refractivity contribution in [3.63, 3.8) is 0 Å². The zero-order valence-corrected chi connectivity index (χ0v) is 17.0. The van der Waals surface area contributed by atoms with Gasteiger partial charge in [0.05, 0.1) is 11.2 Å². The molecule has 0 saturated carbocycles. The molecule has 0 spiro atoms. The second-order valence-corrected chi connectivity index (χ2v) is 8.86. The SMILES string of the molecule is CCCCCCC(C)(CCCCCC)B1OC(C)(C)C(C)(C)O1. The van der Waals surface area contributed by atoms with Crippen molar-refractivity contribution in [2.75, 3.05) is 0 Å². The highest BCUT2D eigenvalue weighted by Crippen LogP contribution is 2.50. The normalized spacial score (nSPS) is 20.2. The van der Waals surface area contributed by atoms with Crippen LogP contribution in [0.1, 0.15) is 113 Å². The average Bonchev–Trinajstić information content (AvgIpc) is 2.69. The zero-order chi connectivity index (χ0) is 17.6. The van der Waals surface area contributed by atoms with Crippen molar-refractivity contribution in [3.8, 4) is 0 Å². The van der Waals surface area contributed by atoms with Gasteiger partial charge in [-0.05, 0) is 40.5 Å². The van der Waals surface area contributed by atoms with Gasteiger partial charge in [0.2, 0.25) is 0 Å². The second-order valence-electron chi connectivity index (χ2n) is 8.86. The van der Waals surface area contributed by atoms with Crippen molar-refractivity contribution in [1.82, 2.24) is 0 Å². The minimum atomic E-state index is -0.217. The molecule has 0 bridgehead atoms. The maximum atomic E-state index is 6.42. The van der Waals surface area contributed by atoms with E-state index < -0.39 is 0 Å². The van der Waals surface area contributed by atoms with Crippen LogP contribution in [-0.2, 0) is 9.31 Å². The molecule has 0 atom stereocenters. The lowest BCUT2D eigenvalue weighted by Gasteiger charge is -2.32. The van der Waals surface area contributed by atoms with E-state index in [0.29, 0.717) is 0 Å². The van der Waals surface area contributed by atoms with Gasteiger partial charge in [-0.2, -0.15) is 0 Å². The molecule has 1 saturated heterocycles. The van der Waals surface area contributed by atoms with Crippen LogP contribution in [0.4, 0.5) is 0 Å². The Morgan fingerprint density at radius 2 is 1.09 bits per heavy atom. The van der Waals surface area contributed by atoms with E-state index in [0.717, 1.165) is 0 Å². The summed E-state index contributed by atoms with van der Waals surface area (Å²) in [5.74, 6) is 0. The molecule has 0 aromatic heterocycles. The van der Waals surface area contributed by atoms with E-state index in [1.165, 1.54) is 64.2 Å². The Hall–Kier alpha value is -0.0151. The molecule has 0 unspecified atom stereocenters. The zero-order valence-electron chi connectivity index (χ0n) is 17.0. The Bertz CT molecular complexity index is 311. The fraction of sp³-hybridized carbons (Fsp3) is 1.00. The summed E-state index contributed by atoms with van der Waals surface area (Å²) in [5.41, 5.74) is -0.433. The number of rotatable bonds is 11. The van der Waals surface area contributed by atoms with Crippen LogP contribution < -0.4 is 0 Å². The third kappa shape index (κ3) is 5.78. The molecule has 0 radical (unpaired) electrons. The summed E-state index contributed by atoms with van der Waals surface area (Å²) in [6.07, 6.45) is 13.0. The van der Waals surface area contributed by atoms with Crippen molar-refractivity contribution in [1.29, 1.82) is 0 Å². The molecule has 1 rings (SSSR count). The molecule has 1 aliphatic rings. The quantitative estimate of drug-likeness (QED) is 0.308. The average molecular weight is 324 g/mol. The van der Waals surface area contributed by atoms with E-state index in [4.69, 9.17) is 9.31 Å². The van der Waals surface area contributed by atoms with Crippen molar-refractivity contribution < 1.29 is 9.31 Å². The van der Waals surface area contributed by atoms with Gasteiger partial charge in [0, 0.05) is 5.31 Å². The molecule has 1 fully saturated rings. The monoisotopic (exact) mass is 324 g/mol. The summed E-state index contributed by atoms with van der Waals surface area (Å²) in [7, 11) is -0.0595. The summed E-state index contributed by atoms with van der Waals surface area (Å²) in [6, 6.07) is 0. The van der Waals surface area contributed by atoms with Gasteiger partial charge in [0.1, 0.15) is 0 Å². The van der Waals surface area contributed by atoms with Crippen molar-refractivity contribution in [2.45, 2.75) is 129 Å². The van der Waals surface area contributed by atoms with Crippen molar-refractivity contribution >= 4 is 7.12 Å². The molecule has 0 aromatic carbocycles. The first-order chi connectivity index (χ1) is 10.7. The van der Waals surface area contributed by atoms with Gasteiger partial charge in [-0.3, -0.25) is 0 Å². The molecule has 2 nitrogen and oxygen atoms in total. The van der Waals surface area contributed by atoms with Gasteiger partial charge in [-0.1, -0.05) is 72.1 Å². The van der Waals surface area contributed by atoms with Gasteiger partial charge in [0.15, 0.2) is 0 Å². The van der Waals surface area contributed by atoms with Crippen LogP contribution >= 0.6 is 0 Å². The molecule has 1 aliphatic heterocycles. The Morgan fingerprint density at radius 3 is 1.43 bits per heavy atom. The lowest BCUT2D eigenvalue weighted by molar-refractivity contribution is 0.00578. The minimum absolute atomic E-state index is 0.0595. The van der Waals surface area contributed by atoms with Crippen molar-refractivity contribution in [2.24, 2.45) is 0 Å². The maximum absolute atomic E-state index is 6.42. The molecule has 23 heavy (non-hydrogen) atoms. The number of hydrogen-bond donors (Lipinski definition) is 0. The molecule has 0 aliphatic carbocycles. The van der Waals surface area contributed by atoms with Crippen LogP contribution in [0.3, 0.4) is 0 Å². The molecule has 3 heteroatoms. The Labute approximate surface area is 146 Å². The van der Waals surface area contributed by atoms with E-state index in [9.17, 15) is 0 Å². The fourth-order valence-electron chi connectivity index (χ4n) is 3.40. The van der Waals surface area contributed by atoms with Gasteiger partial charge < -0.3 is 9.31 Å². The van der Waals surface area contributed by atoms with Crippen molar-refractivity contribution in [3.05, 3.63) is 0 Å². The lowest BCUT2D eigenvalue weighted by atomic mass is 9.54. The van der Waals surface area contributed by atoms with Crippen LogP contribution in [0.25, 0.3) is 0 Å². The first-order valence-electron chi connectivity index (χ1n) is 10.0. The summed E-state index contributed by atoms with van der Waals surface area (Å²) < 4.78 is 12.8. The van der Waals surface area contributed by atoms with Crippen LogP contribution in [0.5, 0.6) is 0 Å². The Kier molecular flexibility index (Phi) is 8.14. The third-order valence-electron chi connectivity index (χ3n) is 6.03. The summed E-state index contributed by atoms with van der Waals surface area (Å²) in [5, 5.41) is 0.145. The fourth-order valence-corrected chi connectivity index (χ4v) is 3.40. The smallest absolute Gasteiger partial charge is 0.403 e. The molecular weight excluding hydrogens is 283 g/mol. The highest BCUT2D eigenvalue weighted by atomic mass is 16.7. The summed E-state index contributed by atoms with van der Waals surface area (Å²) >= 11 is 0. The standard InChI is InChI=1S/C20H41BO2/c1-8-10-12-14-16-20(7,17-15-13-11-9-2)21-22-18(3,4)19(5,6)23-21/h8-17H2,1-7H3. The minimum Gasteiger partial charge on any atom is -0.403 e. The van der Waals surface area contributed by atoms with Crippen LogP contribution in [0.2, 0.25) is 5.31 Å². The molecule has 0 N–H and O–H groups in total. The van der Waals surface area contributed by atoms with Gasteiger partial charge >= 0.3 is 7.12 Å². The molecule has 136 valence electrons. The summed E-state index contributed by atoms with van der Waals surface area (Å²) in [6.45, 7) is 15.6. The predicted molar refractivity (Wildman–Crippen MR) is 102 cm³/mol. The summed E-state index contributed by atoms with van der Waals surface area (Å²) in [4.78, 5) is 0. The largest absolute Gasteiger partial charge is 0.464 e. The topological polar surface area (TPSA) is 18.5 Å². The molecule has 0 aromatic rings. The number of unbranched alkanes of at least 4 members (excludes halogenated alkanes) is 6. The van der Waals surface area contributed by atoms with E-state index in [1.54, 1.807) is 0 Å². The van der Waals surface area contributed by atoms with Crippen LogP contribution in [0.15, 0.2) is 0 Å². The van der Waals surface area contributed by atoms with E-state index >= 15 is 0 Å². The third-order valence-corrected chi connectivity index (χ3v) is 6.03. The Morgan fingerprint density at radius 1 is 0.696 bits per heavy atom.